The lowest BCUT2D eigenvalue weighted by atomic mass is 10.1. The number of carboxylic acid groups (broad SMARTS) is 1. The molecule has 2 aromatic carbocycles. The number of nitrogens with one attached hydrogen (secondary N) is 1. The number of benzene rings is 2. The number of furan rings is 1. The standard InChI is InChI=1S/C22H16ClN3O3/c1-24-12-14(21-25-18-4-2-3-5-19(18)26-21)10-15-7-9-20(29-15)13-6-8-17(23)16(11-13)22(27)28/h2-12H,1H3,(H,25,26)(H,27,28)/b14-10+,24-12?. The molecule has 2 heterocycles. The van der Waals surface area contributed by atoms with Gasteiger partial charge in [-0.05, 0) is 48.5 Å². The van der Waals surface area contributed by atoms with E-state index in [0.29, 0.717) is 22.9 Å². The molecule has 0 saturated heterocycles. The predicted molar refractivity (Wildman–Crippen MR) is 114 cm³/mol. The summed E-state index contributed by atoms with van der Waals surface area (Å²) in [6, 6.07) is 16.1. The zero-order chi connectivity index (χ0) is 20.4. The Hall–Kier alpha value is -3.64. The monoisotopic (exact) mass is 405 g/mol. The molecule has 0 fully saturated rings. The maximum Gasteiger partial charge on any atom is 0.337 e. The van der Waals surface area contributed by atoms with E-state index >= 15 is 0 Å². The van der Waals surface area contributed by atoms with Crippen molar-refractivity contribution in [3.63, 3.8) is 0 Å². The summed E-state index contributed by atoms with van der Waals surface area (Å²) in [4.78, 5) is 23.3. The minimum Gasteiger partial charge on any atom is -0.478 e. The van der Waals surface area contributed by atoms with E-state index in [1.54, 1.807) is 37.5 Å². The Bertz CT molecular complexity index is 1230. The van der Waals surface area contributed by atoms with Crippen molar-refractivity contribution < 1.29 is 14.3 Å². The summed E-state index contributed by atoms with van der Waals surface area (Å²) in [5.74, 6) is 0.708. The summed E-state index contributed by atoms with van der Waals surface area (Å²) in [5, 5.41) is 9.44. The molecule has 0 unspecified atom stereocenters. The fraction of sp³-hybridized carbons (Fsp3) is 0.0455. The minimum absolute atomic E-state index is 0.0266. The average Bonchev–Trinajstić information content (AvgIpc) is 3.34. The number of para-hydroxylation sites is 2. The molecule has 4 rings (SSSR count). The largest absolute Gasteiger partial charge is 0.478 e. The maximum atomic E-state index is 11.3. The van der Waals surface area contributed by atoms with Gasteiger partial charge in [-0.25, -0.2) is 9.78 Å². The molecular formula is C22H16ClN3O3. The van der Waals surface area contributed by atoms with Crippen LogP contribution in [-0.2, 0) is 0 Å². The lowest BCUT2D eigenvalue weighted by molar-refractivity contribution is 0.0697. The summed E-state index contributed by atoms with van der Waals surface area (Å²) in [7, 11) is 1.69. The van der Waals surface area contributed by atoms with Gasteiger partial charge in [-0.3, -0.25) is 4.99 Å². The number of rotatable bonds is 5. The van der Waals surface area contributed by atoms with Crippen molar-refractivity contribution in [2.24, 2.45) is 4.99 Å². The van der Waals surface area contributed by atoms with Crippen molar-refractivity contribution in [1.29, 1.82) is 0 Å². The fourth-order valence-corrected chi connectivity index (χ4v) is 3.18. The predicted octanol–water partition coefficient (Wildman–Crippen LogP) is 5.42. The van der Waals surface area contributed by atoms with Gasteiger partial charge in [-0.2, -0.15) is 0 Å². The number of H-pyrrole nitrogens is 1. The van der Waals surface area contributed by atoms with E-state index in [0.717, 1.165) is 16.6 Å². The van der Waals surface area contributed by atoms with Gasteiger partial charge >= 0.3 is 5.97 Å². The second-order valence-electron chi connectivity index (χ2n) is 6.29. The van der Waals surface area contributed by atoms with Crippen molar-refractivity contribution >= 4 is 46.5 Å². The molecule has 0 amide bonds. The van der Waals surface area contributed by atoms with Gasteiger partial charge in [0.15, 0.2) is 0 Å². The van der Waals surface area contributed by atoms with Crippen LogP contribution in [0, 0.1) is 0 Å². The lowest BCUT2D eigenvalue weighted by Crippen LogP contribution is -1.97. The third-order valence-electron chi connectivity index (χ3n) is 4.34. The molecule has 0 bridgehead atoms. The molecule has 0 saturated carbocycles. The van der Waals surface area contributed by atoms with Crippen LogP contribution in [0.3, 0.4) is 0 Å². The number of aromatic carboxylic acids is 1. The van der Waals surface area contributed by atoms with E-state index in [1.165, 1.54) is 6.07 Å². The zero-order valence-electron chi connectivity index (χ0n) is 15.4. The Morgan fingerprint density at radius 2 is 2.03 bits per heavy atom. The van der Waals surface area contributed by atoms with Crippen molar-refractivity contribution in [2.75, 3.05) is 7.05 Å². The Kier molecular flexibility index (Phi) is 5.01. The number of aliphatic imine (C=N–C) groups is 1. The minimum atomic E-state index is -1.09. The van der Waals surface area contributed by atoms with Gasteiger partial charge < -0.3 is 14.5 Å². The van der Waals surface area contributed by atoms with Crippen LogP contribution in [-0.4, -0.2) is 34.3 Å². The first-order valence-electron chi connectivity index (χ1n) is 8.77. The number of aromatic nitrogens is 2. The van der Waals surface area contributed by atoms with E-state index in [-0.39, 0.29) is 10.6 Å². The fourth-order valence-electron chi connectivity index (χ4n) is 2.98. The molecule has 29 heavy (non-hydrogen) atoms. The van der Waals surface area contributed by atoms with Crippen molar-refractivity contribution in [3.8, 4) is 11.3 Å². The summed E-state index contributed by atoms with van der Waals surface area (Å²) in [6.45, 7) is 0. The quantitative estimate of drug-likeness (QED) is 0.434. The zero-order valence-corrected chi connectivity index (χ0v) is 16.1. The summed E-state index contributed by atoms with van der Waals surface area (Å²) < 4.78 is 5.90. The Morgan fingerprint density at radius 3 is 2.79 bits per heavy atom. The Morgan fingerprint density at radius 1 is 1.21 bits per heavy atom. The highest BCUT2D eigenvalue weighted by Crippen LogP contribution is 2.28. The maximum absolute atomic E-state index is 11.3. The highest BCUT2D eigenvalue weighted by atomic mass is 35.5. The summed E-state index contributed by atoms with van der Waals surface area (Å²) in [5.41, 5.74) is 3.20. The second-order valence-corrected chi connectivity index (χ2v) is 6.70. The molecule has 0 radical (unpaired) electrons. The number of carboxylic acids is 1. The van der Waals surface area contributed by atoms with Crippen LogP contribution in [0.2, 0.25) is 5.02 Å². The van der Waals surface area contributed by atoms with Gasteiger partial charge in [-0.1, -0.05) is 23.7 Å². The van der Waals surface area contributed by atoms with E-state index in [9.17, 15) is 9.90 Å². The first-order chi connectivity index (χ1) is 14.0. The molecule has 2 N–H and O–H groups in total. The van der Waals surface area contributed by atoms with Crippen LogP contribution >= 0.6 is 11.6 Å². The first-order valence-corrected chi connectivity index (χ1v) is 9.15. The molecular weight excluding hydrogens is 390 g/mol. The molecule has 4 aromatic rings. The molecule has 0 aliphatic rings. The molecule has 0 atom stereocenters. The number of fused-ring (bicyclic) bond motifs is 1. The topological polar surface area (TPSA) is 91.5 Å². The van der Waals surface area contributed by atoms with Gasteiger partial charge in [0.05, 0.1) is 21.6 Å². The highest BCUT2D eigenvalue weighted by molar-refractivity contribution is 6.33. The van der Waals surface area contributed by atoms with Crippen LogP contribution < -0.4 is 0 Å². The lowest BCUT2D eigenvalue weighted by Gasteiger charge is -2.02. The van der Waals surface area contributed by atoms with E-state index < -0.39 is 5.97 Å². The van der Waals surface area contributed by atoms with E-state index in [2.05, 4.69) is 15.0 Å². The number of imidazole rings is 1. The Balaban J connectivity index is 1.71. The molecule has 7 heteroatoms. The van der Waals surface area contributed by atoms with E-state index in [4.69, 9.17) is 16.0 Å². The number of aromatic amines is 1. The summed E-state index contributed by atoms with van der Waals surface area (Å²) in [6.07, 6.45) is 3.52. The van der Waals surface area contributed by atoms with Crippen LogP contribution in [0.25, 0.3) is 34.0 Å². The Labute approximate surface area is 171 Å². The number of carbonyl (C=O) groups is 1. The average molecular weight is 406 g/mol. The van der Waals surface area contributed by atoms with Gasteiger partial charge in [0.25, 0.3) is 0 Å². The number of hydrogen-bond donors (Lipinski definition) is 2. The number of hydrogen-bond acceptors (Lipinski definition) is 4. The van der Waals surface area contributed by atoms with Gasteiger partial charge in [0, 0.05) is 24.4 Å². The van der Waals surface area contributed by atoms with Gasteiger partial charge in [-0.15, -0.1) is 0 Å². The SMILES string of the molecule is CN=C/C(=C\c1ccc(-c2ccc(Cl)c(C(=O)O)c2)o1)c1nc2ccccc2[nH]1. The number of halogens is 1. The molecule has 0 aliphatic heterocycles. The third-order valence-corrected chi connectivity index (χ3v) is 4.67. The van der Waals surface area contributed by atoms with Crippen LogP contribution in [0.1, 0.15) is 21.9 Å². The first kappa shape index (κ1) is 18.7. The van der Waals surface area contributed by atoms with Crippen molar-refractivity contribution in [1.82, 2.24) is 9.97 Å². The second kappa shape index (κ2) is 7.77. The van der Waals surface area contributed by atoms with Crippen molar-refractivity contribution in [2.45, 2.75) is 0 Å². The molecule has 2 aromatic heterocycles. The molecule has 0 aliphatic carbocycles. The van der Waals surface area contributed by atoms with Crippen molar-refractivity contribution in [3.05, 3.63) is 76.8 Å². The molecule has 6 nitrogen and oxygen atoms in total. The smallest absolute Gasteiger partial charge is 0.337 e. The van der Waals surface area contributed by atoms with Gasteiger partial charge in [0.2, 0.25) is 0 Å². The van der Waals surface area contributed by atoms with Gasteiger partial charge in [0.1, 0.15) is 17.3 Å². The third kappa shape index (κ3) is 3.83. The summed E-state index contributed by atoms with van der Waals surface area (Å²) >= 11 is 5.94. The van der Waals surface area contributed by atoms with Crippen LogP contribution in [0.5, 0.6) is 0 Å². The van der Waals surface area contributed by atoms with E-state index in [1.807, 2.05) is 30.3 Å². The number of allylic oxidation sites excluding steroid dienone is 1. The number of nitrogens with zero attached hydrogens (tertiary/aromatic N) is 2. The molecule has 0 spiro atoms. The van der Waals surface area contributed by atoms with Crippen LogP contribution in [0.15, 0.2) is 64.0 Å². The van der Waals surface area contributed by atoms with Crippen LogP contribution in [0.4, 0.5) is 0 Å². The normalized spacial score (nSPS) is 12.1. The highest BCUT2D eigenvalue weighted by Gasteiger charge is 2.13. The molecule has 144 valence electrons.